The van der Waals surface area contributed by atoms with Crippen molar-refractivity contribution in [1.29, 1.82) is 0 Å². The Hall–Kier alpha value is 0.270. The summed E-state index contributed by atoms with van der Waals surface area (Å²) >= 11 is 2.05. The van der Waals surface area contributed by atoms with Crippen LogP contribution in [0, 0.1) is 0 Å². The fourth-order valence-corrected chi connectivity index (χ4v) is 3.48. The Morgan fingerprint density at radius 2 is 2.12 bits per heavy atom. The van der Waals surface area contributed by atoms with Gasteiger partial charge in [0.1, 0.15) is 0 Å². The normalized spacial score (nSPS) is 21.2. The van der Waals surface area contributed by atoms with Crippen molar-refractivity contribution in [3.05, 3.63) is 0 Å². The summed E-state index contributed by atoms with van der Waals surface area (Å²) in [5, 5.41) is 13.8. The number of rotatable bonds is 10. The van der Waals surface area contributed by atoms with Crippen LogP contribution >= 0.6 is 11.8 Å². The summed E-state index contributed by atoms with van der Waals surface area (Å²) in [5.74, 6) is 1.26. The minimum absolute atomic E-state index is 0.0711. The maximum atomic E-state index is 9.55. The number of aliphatic hydroxyl groups is 1. The molecule has 2 unspecified atom stereocenters. The maximum absolute atomic E-state index is 9.55. The van der Waals surface area contributed by atoms with Gasteiger partial charge in [0.2, 0.25) is 0 Å². The topological polar surface area (TPSA) is 32.3 Å². The van der Waals surface area contributed by atoms with Crippen molar-refractivity contribution in [3.8, 4) is 0 Å². The molecule has 0 bridgehead atoms. The van der Waals surface area contributed by atoms with E-state index < -0.39 is 0 Å². The lowest BCUT2D eigenvalue weighted by molar-refractivity contribution is 0.164. The van der Waals surface area contributed by atoms with E-state index in [1.54, 1.807) is 0 Å². The third kappa shape index (κ3) is 6.68. The Balaban J connectivity index is 2.18. The molecule has 1 saturated carbocycles. The van der Waals surface area contributed by atoms with Crippen LogP contribution in [0.25, 0.3) is 0 Å². The van der Waals surface area contributed by atoms with Crippen LogP contribution in [0.3, 0.4) is 0 Å². The zero-order valence-corrected chi connectivity index (χ0v) is 12.5. The first-order valence-electron chi connectivity index (χ1n) is 7.10. The minimum Gasteiger partial charge on any atom is -0.394 e. The van der Waals surface area contributed by atoms with E-state index in [1.807, 2.05) is 0 Å². The van der Waals surface area contributed by atoms with Gasteiger partial charge in [0.15, 0.2) is 0 Å². The van der Waals surface area contributed by atoms with Crippen molar-refractivity contribution in [1.82, 2.24) is 5.32 Å². The van der Waals surface area contributed by atoms with E-state index in [4.69, 9.17) is 0 Å². The van der Waals surface area contributed by atoms with Gasteiger partial charge >= 0.3 is 0 Å². The molecule has 0 aliphatic heterocycles. The Labute approximate surface area is 111 Å². The highest BCUT2D eigenvalue weighted by Crippen LogP contribution is 2.27. The highest BCUT2D eigenvalue weighted by Gasteiger charge is 2.32. The Morgan fingerprint density at radius 3 is 2.65 bits per heavy atom. The van der Waals surface area contributed by atoms with E-state index >= 15 is 0 Å². The van der Waals surface area contributed by atoms with Gasteiger partial charge in [-0.05, 0) is 38.4 Å². The van der Waals surface area contributed by atoms with Gasteiger partial charge in [0, 0.05) is 16.8 Å². The zero-order chi connectivity index (χ0) is 12.7. The minimum atomic E-state index is -0.0711. The predicted molar refractivity (Wildman–Crippen MR) is 77.7 cm³/mol. The Morgan fingerprint density at radius 1 is 1.41 bits per heavy atom. The van der Waals surface area contributed by atoms with Crippen LogP contribution in [0.2, 0.25) is 0 Å². The first-order chi connectivity index (χ1) is 8.09. The maximum Gasteiger partial charge on any atom is 0.0611 e. The summed E-state index contributed by atoms with van der Waals surface area (Å²) < 4.78 is 0. The highest BCUT2D eigenvalue weighted by molar-refractivity contribution is 7.99. The largest absolute Gasteiger partial charge is 0.394 e. The van der Waals surface area contributed by atoms with Crippen molar-refractivity contribution in [2.75, 3.05) is 12.4 Å². The second-order valence-electron chi connectivity index (χ2n) is 5.73. The fourth-order valence-electron chi connectivity index (χ4n) is 2.22. The molecule has 102 valence electrons. The summed E-state index contributed by atoms with van der Waals surface area (Å²) in [6.45, 7) is 6.95. The predicted octanol–water partition coefficient (Wildman–Crippen LogP) is 3.19. The standard InChI is InChI=1S/C14H29NOS/c1-4-5-6-9-17-12(2)10-14(3,11-16)15-13-7-8-13/h12-13,15-16H,4-11H2,1-3H3. The average Bonchev–Trinajstić information content (AvgIpc) is 3.08. The molecule has 0 aromatic carbocycles. The number of unbranched alkanes of at least 4 members (excludes halogenated alkanes) is 2. The monoisotopic (exact) mass is 259 g/mol. The van der Waals surface area contributed by atoms with Gasteiger partial charge in [-0.3, -0.25) is 0 Å². The molecule has 1 fully saturated rings. The summed E-state index contributed by atoms with van der Waals surface area (Å²) in [4.78, 5) is 0. The van der Waals surface area contributed by atoms with Gasteiger partial charge in [-0.2, -0.15) is 11.8 Å². The number of hydrogen-bond donors (Lipinski definition) is 2. The number of nitrogens with one attached hydrogen (secondary N) is 1. The lowest BCUT2D eigenvalue weighted by Gasteiger charge is -2.31. The van der Waals surface area contributed by atoms with Crippen molar-refractivity contribution >= 4 is 11.8 Å². The number of aliphatic hydroxyl groups excluding tert-OH is 1. The van der Waals surface area contributed by atoms with Gasteiger partial charge in [0.25, 0.3) is 0 Å². The van der Waals surface area contributed by atoms with E-state index in [2.05, 4.69) is 37.8 Å². The lowest BCUT2D eigenvalue weighted by atomic mass is 9.97. The molecular weight excluding hydrogens is 230 g/mol. The van der Waals surface area contributed by atoms with Crippen molar-refractivity contribution < 1.29 is 5.11 Å². The van der Waals surface area contributed by atoms with Crippen LogP contribution in [0.15, 0.2) is 0 Å². The van der Waals surface area contributed by atoms with Gasteiger partial charge in [-0.25, -0.2) is 0 Å². The van der Waals surface area contributed by atoms with Crippen LogP contribution in [-0.4, -0.2) is 34.3 Å². The van der Waals surface area contributed by atoms with Crippen molar-refractivity contribution in [2.24, 2.45) is 0 Å². The quantitative estimate of drug-likeness (QED) is 0.591. The SMILES string of the molecule is CCCCCSC(C)CC(C)(CO)NC1CC1. The van der Waals surface area contributed by atoms with Gasteiger partial charge in [0.05, 0.1) is 6.61 Å². The van der Waals surface area contributed by atoms with Gasteiger partial charge < -0.3 is 10.4 Å². The van der Waals surface area contributed by atoms with Crippen LogP contribution in [0.1, 0.15) is 59.3 Å². The molecule has 0 amide bonds. The Bertz CT molecular complexity index is 208. The first-order valence-corrected chi connectivity index (χ1v) is 8.14. The van der Waals surface area contributed by atoms with E-state index in [0.717, 1.165) is 6.42 Å². The molecule has 1 aliphatic carbocycles. The third-order valence-corrected chi connectivity index (χ3v) is 4.63. The molecule has 2 atom stereocenters. The van der Waals surface area contributed by atoms with Crippen LogP contribution in [0.4, 0.5) is 0 Å². The van der Waals surface area contributed by atoms with Gasteiger partial charge in [-0.1, -0.05) is 26.7 Å². The number of thioether (sulfide) groups is 1. The van der Waals surface area contributed by atoms with E-state index in [0.29, 0.717) is 11.3 Å². The van der Waals surface area contributed by atoms with E-state index in [1.165, 1.54) is 37.9 Å². The summed E-state index contributed by atoms with van der Waals surface area (Å²) in [6.07, 6.45) is 7.61. The molecule has 0 heterocycles. The second kappa shape index (κ2) is 7.65. The smallest absolute Gasteiger partial charge is 0.0611 e. The molecule has 0 spiro atoms. The van der Waals surface area contributed by atoms with Gasteiger partial charge in [-0.15, -0.1) is 0 Å². The Kier molecular flexibility index (Phi) is 6.90. The summed E-state index contributed by atoms with van der Waals surface area (Å²) in [5.41, 5.74) is -0.0711. The molecular formula is C14H29NOS. The molecule has 0 aromatic heterocycles. The third-order valence-electron chi connectivity index (χ3n) is 3.37. The lowest BCUT2D eigenvalue weighted by Crippen LogP contribution is -2.48. The van der Waals surface area contributed by atoms with Crippen molar-refractivity contribution in [3.63, 3.8) is 0 Å². The fraction of sp³-hybridized carbons (Fsp3) is 1.00. The molecule has 0 radical (unpaired) electrons. The summed E-state index contributed by atoms with van der Waals surface area (Å²) in [6, 6.07) is 0.671. The molecule has 2 N–H and O–H groups in total. The average molecular weight is 259 g/mol. The molecule has 3 heteroatoms. The van der Waals surface area contributed by atoms with Crippen molar-refractivity contribution in [2.45, 2.75) is 76.1 Å². The molecule has 1 rings (SSSR count). The molecule has 0 aromatic rings. The first kappa shape index (κ1) is 15.3. The second-order valence-corrected chi connectivity index (χ2v) is 7.28. The van der Waals surface area contributed by atoms with Crippen LogP contribution in [0.5, 0.6) is 0 Å². The number of hydrogen-bond acceptors (Lipinski definition) is 3. The highest BCUT2D eigenvalue weighted by atomic mass is 32.2. The van der Waals surface area contributed by atoms with E-state index in [-0.39, 0.29) is 12.1 Å². The zero-order valence-electron chi connectivity index (χ0n) is 11.7. The van der Waals surface area contributed by atoms with E-state index in [9.17, 15) is 5.11 Å². The molecule has 2 nitrogen and oxygen atoms in total. The molecule has 1 aliphatic rings. The summed E-state index contributed by atoms with van der Waals surface area (Å²) in [7, 11) is 0. The molecule has 0 saturated heterocycles. The van der Waals surface area contributed by atoms with Crippen LogP contribution < -0.4 is 5.32 Å². The molecule has 17 heavy (non-hydrogen) atoms. The van der Waals surface area contributed by atoms with Crippen LogP contribution in [-0.2, 0) is 0 Å².